The van der Waals surface area contributed by atoms with Gasteiger partial charge in [0.2, 0.25) is 0 Å². The molecule has 1 fully saturated rings. The Morgan fingerprint density at radius 2 is 1.61 bits per heavy atom. The molecule has 3 aromatic rings. The van der Waals surface area contributed by atoms with E-state index in [4.69, 9.17) is 9.47 Å². The summed E-state index contributed by atoms with van der Waals surface area (Å²) in [4.78, 5) is 56.7. The molecule has 49 heavy (non-hydrogen) atoms. The number of hydrogen-bond acceptors (Lipinski definition) is 6. The zero-order valence-corrected chi connectivity index (χ0v) is 30.4. The fraction of sp³-hybridized carbons (Fsp3) is 0.421. The molecule has 3 aliphatic rings. The van der Waals surface area contributed by atoms with Crippen LogP contribution in [-0.2, 0) is 25.5 Å². The van der Waals surface area contributed by atoms with E-state index in [0.717, 1.165) is 11.1 Å². The van der Waals surface area contributed by atoms with Gasteiger partial charge in [-0.15, -0.1) is 0 Å². The molecule has 1 saturated heterocycles. The van der Waals surface area contributed by atoms with Crippen LogP contribution in [0.1, 0.15) is 57.0 Å². The molecular weight excluding hydrogens is 687 g/mol. The molecule has 10 nitrogen and oxygen atoms in total. The van der Waals surface area contributed by atoms with E-state index >= 15 is 0 Å². The van der Waals surface area contributed by atoms with Gasteiger partial charge in [0.25, 0.3) is 0 Å². The first-order valence-electron chi connectivity index (χ1n) is 16.8. The van der Waals surface area contributed by atoms with Gasteiger partial charge in [-0.2, -0.15) is 0 Å². The fourth-order valence-electron chi connectivity index (χ4n) is 6.03. The quantitative estimate of drug-likeness (QED) is 0.320. The topological polar surface area (TPSA) is 126 Å². The number of carbonyl (C=O) groups excluding carboxylic acids is 4. The van der Waals surface area contributed by atoms with Crippen molar-refractivity contribution in [2.75, 3.05) is 13.1 Å². The van der Waals surface area contributed by atoms with Crippen LogP contribution in [0.3, 0.4) is 0 Å². The van der Waals surface area contributed by atoms with Crippen molar-refractivity contribution in [3.63, 3.8) is 0 Å². The van der Waals surface area contributed by atoms with Gasteiger partial charge in [-0.3, -0.25) is 0 Å². The maximum atomic E-state index is 14.3. The molecule has 3 heterocycles. The average molecular weight is 734 g/mol. The molecule has 5 atom stereocenters. The van der Waals surface area contributed by atoms with Crippen molar-refractivity contribution in [2.24, 2.45) is 5.92 Å². The van der Waals surface area contributed by atoms with Crippen LogP contribution in [0, 0.1) is 5.92 Å². The Balaban J connectivity index is 1.47. The van der Waals surface area contributed by atoms with Crippen molar-refractivity contribution in [3.8, 4) is 5.75 Å². The predicted molar refractivity (Wildman–Crippen MR) is 189 cm³/mol. The number of fused-ring (bicyclic) bond motifs is 8. The summed E-state index contributed by atoms with van der Waals surface area (Å²) in [6.45, 7) is 9.52. The molecule has 0 aromatic heterocycles. The van der Waals surface area contributed by atoms with E-state index in [1.165, 1.54) is 9.36 Å². The molecular formula is C38H46N4O6Se. The number of carbonyl (C=O) groups is 4. The Morgan fingerprint density at radius 1 is 0.959 bits per heavy atom. The van der Waals surface area contributed by atoms with Crippen LogP contribution in [0.2, 0.25) is 0 Å². The van der Waals surface area contributed by atoms with Crippen molar-refractivity contribution in [3.05, 3.63) is 96.1 Å². The van der Waals surface area contributed by atoms with Crippen LogP contribution in [0.5, 0.6) is 5.75 Å². The maximum absolute atomic E-state index is 14.3. The zero-order valence-electron chi connectivity index (χ0n) is 28.7. The molecule has 2 bridgehead atoms. The van der Waals surface area contributed by atoms with Gasteiger partial charge in [0.15, 0.2) is 0 Å². The number of alkyl carbamates (subject to hydrolysis) is 1. The van der Waals surface area contributed by atoms with Crippen LogP contribution in [-0.4, -0.2) is 86.6 Å². The molecule has 0 unspecified atom stereocenters. The fourth-order valence-corrected chi connectivity index (χ4v) is 8.34. The van der Waals surface area contributed by atoms with Crippen molar-refractivity contribution >= 4 is 43.2 Å². The van der Waals surface area contributed by atoms with Gasteiger partial charge in [0.1, 0.15) is 5.60 Å². The van der Waals surface area contributed by atoms with Gasteiger partial charge in [-0.25, -0.2) is 4.79 Å². The number of amides is 4. The standard InChI is InChI=1S/C38H46N4O6Se/c1-24(2)32(41-37(46)48-38(3,4)5)36(45)42-21-20-30-33(42)35(44)40-29(22-25-12-8-6-9-13-25)34(43)39-23-31(49-28-14-10-7-11-15-28)26-16-18-27(47-30)19-17-26/h6-19,24,29-33H,20-23H2,1-5H3,(H,39,43)(H,40,44)(H,41,46)/t29-,30-,31+,32-,33-/m0/s1. The summed E-state index contributed by atoms with van der Waals surface area (Å²) in [6, 6.07) is 24.6. The number of nitrogens with zero attached hydrogens (tertiary/aromatic N) is 1. The second-order valence-corrected chi connectivity index (χ2v) is 16.5. The van der Waals surface area contributed by atoms with Gasteiger partial charge in [0, 0.05) is 0 Å². The molecule has 0 aliphatic carbocycles. The van der Waals surface area contributed by atoms with Gasteiger partial charge in [0.05, 0.1) is 0 Å². The van der Waals surface area contributed by atoms with Crippen molar-refractivity contribution < 1.29 is 28.7 Å². The first-order valence-corrected chi connectivity index (χ1v) is 18.6. The minimum atomic E-state index is -1.04. The summed E-state index contributed by atoms with van der Waals surface area (Å²) < 4.78 is 13.1. The summed E-state index contributed by atoms with van der Waals surface area (Å²) in [7, 11) is 0. The van der Waals surface area contributed by atoms with E-state index in [9.17, 15) is 19.2 Å². The average Bonchev–Trinajstić information content (AvgIpc) is 3.48. The van der Waals surface area contributed by atoms with Crippen molar-refractivity contribution in [1.29, 1.82) is 0 Å². The summed E-state index contributed by atoms with van der Waals surface area (Å²) in [5.41, 5.74) is 1.21. The number of likely N-dealkylation sites (tertiary alicyclic amines) is 1. The van der Waals surface area contributed by atoms with E-state index in [-0.39, 0.29) is 44.6 Å². The first-order chi connectivity index (χ1) is 23.4. The van der Waals surface area contributed by atoms with Crippen molar-refractivity contribution in [1.82, 2.24) is 20.9 Å². The van der Waals surface area contributed by atoms with Gasteiger partial charge in [-0.05, 0) is 20.8 Å². The third kappa shape index (κ3) is 9.64. The van der Waals surface area contributed by atoms with Crippen LogP contribution in [0.15, 0.2) is 84.9 Å². The molecule has 0 radical (unpaired) electrons. The van der Waals surface area contributed by atoms with Gasteiger partial charge in [-0.1, -0.05) is 13.8 Å². The van der Waals surface area contributed by atoms with Gasteiger partial charge >= 0.3 is 246 Å². The van der Waals surface area contributed by atoms with E-state index in [1.54, 1.807) is 20.8 Å². The Labute approximate surface area is 294 Å². The summed E-state index contributed by atoms with van der Waals surface area (Å²) in [6.07, 6.45) is -0.745. The minimum absolute atomic E-state index is 0.0177. The Morgan fingerprint density at radius 3 is 2.24 bits per heavy atom. The monoisotopic (exact) mass is 734 g/mol. The molecule has 3 N–H and O–H groups in total. The van der Waals surface area contributed by atoms with Crippen LogP contribution in [0.4, 0.5) is 4.79 Å². The molecule has 0 spiro atoms. The van der Waals surface area contributed by atoms with Crippen LogP contribution >= 0.6 is 0 Å². The molecule has 11 heteroatoms. The number of benzene rings is 3. The molecule has 6 rings (SSSR count). The van der Waals surface area contributed by atoms with Crippen LogP contribution in [0.25, 0.3) is 0 Å². The van der Waals surface area contributed by atoms with E-state index < -0.39 is 47.7 Å². The SMILES string of the molecule is CC(C)[C@H](NC(=O)OC(C)(C)C)C(=O)N1CC[C@@H]2Oc3ccc(cc3)[C@H]([Se]c3ccccc3)CNC(=O)[C@H](Cc3ccccc3)NC(=O)[C@H]21. The number of nitrogens with one attached hydrogen (secondary N) is 3. The molecule has 4 amide bonds. The number of rotatable bonds is 7. The summed E-state index contributed by atoms with van der Waals surface area (Å²) in [5, 5.41) is 8.85. The van der Waals surface area contributed by atoms with Crippen molar-refractivity contribution in [2.45, 2.75) is 82.1 Å². The predicted octanol–water partition coefficient (Wildman–Crippen LogP) is 3.51. The Hall–Kier alpha value is -4.34. The second kappa shape index (κ2) is 15.9. The Kier molecular flexibility index (Phi) is 11.7. The van der Waals surface area contributed by atoms with E-state index in [1.807, 2.05) is 86.6 Å². The van der Waals surface area contributed by atoms with Crippen LogP contribution < -0.4 is 25.1 Å². The molecule has 3 aliphatic heterocycles. The van der Waals surface area contributed by atoms with E-state index in [2.05, 4.69) is 28.1 Å². The first kappa shape index (κ1) is 36.0. The third-order valence-corrected chi connectivity index (χ3v) is 11.1. The number of ether oxygens (including phenoxy) is 2. The zero-order chi connectivity index (χ0) is 35.1. The Bertz CT molecular complexity index is 1600. The third-order valence-electron chi connectivity index (χ3n) is 8.44. The van der Waals surface area contributed by atoms with Gasteiger partial charge < -0.3 is 4.74 Å². The molecule has 260 valence electrons. The molecule has 0 saturated carbocycles. The number of hydrogen-bond donors (Lipinski definition) is 3. The summed E-state index contributed by atoms with van der Waals surface area (Å²) >= 11 is 0.0177. The van der Waals surface area contributed by atoms with E-state index in [0.29, 0.717) is 18.7 Å². The second-order valence-electron chi connectivity index (χ2n) is 13.8. The molecule has 3 aromatic carbocycles. The normalized spacial score (nSPS) is 21.9. The summed E-state index contributed by atoms with van der Waals surface area (Å²) in [5.74, 6) is -0.930.